The molecule has 1 unspecified atom stereocenters. The highest BCUT2D eigenvalue weighted by atomic mass is 16.2. The van der Waals surface area contributed by atoms with Crippen molar-refractivity contribution in [3.8, 4) is 0 Å². The fraction of sp³-hybridized carbons (Fsp3) is 0.300. The largest absolute Gasteiger partial charge is 0.340 e. The number of amides is 1. The van der Waals surface area contributed by atoms with Crippen molar-refractivity contribution in [2.75, 3.05) is 6.54 Å². The van der Waals surface area contributed by atoms with E-state index < -0.39 is 0 Å². The smallest absolute Gasteiger partial charge is 0.253 e. The molecule has 1 aromatic rings. The lowest BCUT2D eigenvalue weighted by Gasteiger charge is -2.06. The first-order valence-electron chi connectivity index (χ1n) is 4.83. The van der Waals surface area contributed by atoms with E-state index in [9.17, 15) is 4.79 Å². The Morgan fingerprint density at radius 1 is 1.60 bits per heavy atom. The zero-order chi connectivity index (χ0) is 10.7. The van der Waals surface area contributed by atoms with Crippen LogP contribution in [-0.4, -0.2) is 23.4 Å². The van der Waals surface area contributed by atoms with Gasteiger partial charge in [-0.3, -0.25) is 20.1 Å². The van der Waals surface area contributed by atoms with Crippen molar-refractivity contribution in [2.24, 2.45) is 4.99 Å². The minimum absolute atomic E-state index is 0.0878. The number of hydrogen-bond donors (Lipinski definition) is 2. The zero-order valence-electron chi connectivity index (χ0n) is 8.40. The number of nitrogens with one attached hydrogen (secondary N) is 2. The maximum Gasteiger partial charge on any atom is 0.253 e. The summed E-state index contributed by atoms with van der Waals surface area (Å²) in [5.74, 6) is 0.451. The van der Waals surface area contributed by atoms with Gasteiger partial charge in [0.05, 0.1) is 0 Å². The van der Waals surface area contributed by atoms with Crippen LogP contribution in [0.3, 0.4) is 0 Å². The molecule has 1 aliphatic heterocycles. The van der Waals surface area contributed by atoms with Gasteiger partial charge in [-0.25, -0.2) is 0 Å². The van der Waals surface area contributed by atoms with Crippen molar-refractivity contribution < 1.29 is 4.79 Å². The molecule has 1 fully saturated rings. The average molecular weight is 204 g/mol. The molecule has 1 saturated heterocycles. The summed E-state index contributed by atoms with van der Waals surface area (Å²) in [7, 11) is 0. The molecule has 2 N–H and O–H groups in total. The lowest BCUT2D eigenvalue weighted by Crippen LogP contribution is -2.25. The van der Waals surface area contributed by atoms with Crippen LogP contribution in [0.1, 0.15) is 18.5 Å². The summed E-state index contributed by atoms with van der Waals surface area (Å²) in [4.78, 5) is 19.7. The quantitative estimate of drug-likeness (QED) is 0.724. The first-order chi connectivity index (χ1) is 7.31. The van der Waals surface area contributed by atoms with Gasteiger partial charge in [-0.05, 0) is 13.0 Å². The van der Waals surface area contributed by atoms with Gasteiger partial charge >= 0.3 is 0 Å². The Hall–Kier alpha value is -1.91. The second-order valence-electron chi connectivity index (χ2n) is 3.18. The van der Waals surface area contributed by atoms with Crippen molar-refractivity contribution in [1.82, 2.24) is 15.6 Å². The molecule has 78 valence electrons. The van der Waals surface area contributed by atoms with E-state index in [0.717, 1.165) is 5.56 Å². The molecule has 0 saturated carbocycles. The van der Waals surface area contributed by atoms with Gasteiger partial charge in [0.15, 0.2) is 5.96 Å². The standard InChI is InChI=1S/C10H12N4O/c1-2-12-10-13-8(9(15)14-10)7-4-3-5-11-6-7/h3-6,8H,2H2,1H3,(H2,12,13,14,15). The molecule has 2 heterocycles. The van der Waals surface area contributed by atoms with E-state index in [4.69, 9.17) is 0 Å². The molecule has 1 amide bonds. The SMILES string of the molecule is CCN=C1NC(=O)C(c2cccnc2)N1. The Balaban J connectivity index is 2.19. The van der Waals surface area contributed by atoms with Crippen LogP contribution in [0.4, 0.5) is 0 Å². The first kappa shape index (κ1) is 9.64. The fourth-order valence-electron chi connectivity index (χ4n) is 1.45. The van der Waals surface area contributed by atoms with Gasteiger partial charge in [0.25, 0.3) is 5.91 Å². The maximum absolute atomic E-state index is 11.6. The van der Waals surface area contributed by atoms with Gasteiger partial charge in [-0.1, -0.05) is 6.07 Å². The number of aromatic nitrogens is 1. The summed E-state index contributed by atoms with van der Waals surface area (Å²) in [6, 6.07) is 3.29. The highest BCUT2D eigenvalue weighted by Gasteiger charge is 2.29. The first-order valence-corrected chi connectivity index (χ1v) is 4.83. The Morgan fingerprint density at radius 2 is 2.47 bits per heavy atom. The molecule has 0 bridgehead atoms. The topological polar surface area (TPSA) is 66.4 Å². The third-order valence-corrected chi connectivity index (χ3v) is 2.12. The van der Waals surface area contributed by atoms with Crippen molar-refractivity contribution in [3.63, 3.8) is 0 Å². The number of nitrogens with zero attached hydrogens (tertiary/aromatic N) is 2. The van der Waals surface area contributed by atoms with Gasteiger partial charge < -0.3 is 5.32 Å². The van der Waals surface area contributed by atoms with Gasteiger partial charge in [0.1, 0.15) is 6.04 Å². The third kappa shape index (κ3) is 1.96. The second-order valence-corrected chi connectivity index (χ2v) is 3.18. The Kier molecular flexibility index (Phi) is 2.62. The Labute approximate surface area is 87.6 Å². The maximum atomic E-state index is 11.6. The fourth-order valence-corrected chi connectivity index (χ4v) is 1.45. The second kappa shape index (κ2) is 4.08. The lowest BCUT2D eigenvalue weighted by molar-refractivity contribution is -0.120. The molecule has 0 radical (unpaired) electrons. The van der Waals surface area contributed by atoms with Crippen LogP contribution in [0, 0.1) is 0 Å². The minimum Gasteiger partial charge on any atom is -0.340 e. The van der Waals surface area contributed by atoms with Crippen LogP contribution in [0.15, 0.2) is 29.5 Å². The summed E-state index contributed by atoms with van der Waals surface area (Å²) in [5.41, 5.74) is 0.844. The van der Waals surface area contributed by atoms with Crippen molar-refractivity contribution in [1.29, 1.82) is 0 Å². The van der Waals surface area contributed by atoms with Gasteiger partial charge in [-0.15, -0.1) is 0 Å². The molecule has 1 aromatic heterocycles. The molecule has 1 atom stereocenters. The molecule has 5 heteroatoms. The summed E-state index contributed by atoms with van der Waals surface area (Å²) in [5, 5.41) is 5.68. The molecule has 2 rings (SSSR count). The number of aliphatic imine (C=N–C) groups is 1. The molecule has 0 aliphatic carbocycles. The summed E-state index contributed by atoms with van der Waals surface area (Å²) in [6.45, 7) is 2.56. The van der Waals surface area contributed by atoms with Crippen molar-refractivity contribution in [2.45, 2.75) is 13.0 Å². The highest BCUT2D eigenvalue weighted by Crippen LogP contribution is 2.14. The van der Waals surface area contributed by atoms with Crippen molar-refractivity contribution in [3.05, 3.63) is 30.1 Å². The molecule has 15 heavy (non-hydrogen) atoms. The lowest BCUT2D eigenvalue weighted by atomic mass is 10.1. The van der Waals surface area contributed by atoms with Crippen LogP contribution < -0.4 is 10.6 Å². The van der Waals surface area contributed by atoms with Crippen LogP contribution in [-0.2, 0) is 4.79 Å². The molecular formula is C10H12N4O. The summed E-state index contributed by atoms with van der Waals surface area (Å²) >= 11 is 0. The zero-order valence-corrected chi connectivity index (χ0v) is 8.40. The van der Waals surface area contributed by atoms with Crippen LogP contribution in [0.5, 0.6) is 0 Å². The van der Waals surface area contributed by atoms with Crippen LogP contribution in [0.25, 0.3) is 0 Å². The number of carbonyl (C=O) groups is 1. The predicted octanol–water partition coefficient (Wildman–Crippen LogP) is 0.218. The Morgan fingerprint density at radius 3 is 3.13 bits per heavy atom. The highest BCUT2D eigenvalue weighted by molar-refractivity contribution is 6.06. The van der Waals surface area contributed by atoms with E-state index in [0.29, 0.717) is 12.5 Å². The summed E-state index contributed by atoms with van der Waals surface area (Å²) in [6.07, 6.45) is 3.35. The van der Waals surface area contributed by atoms with Gasteiger partial charge in [-0.2, -0.15) is 0 Å². The van der Waals surface area contributed by atoms with E-state index in [-0.39, 0.29) is 11.9 Å². The van der Waals surface area contributed by atoms with Crippen LogP contribution in [0.2, 0.25) is 0 Å². The molecule has 0 aromatic carbocycles. The third-order valence-electron chi connectivity index (χ3n) is 2.12. The number of pyridine rings is 1. The monoisotopic (exact) mass is 204 g/mol. The summed E-state index contributed by atoms with van der Waals surface area (Å²) < 4.78 is 0. The molecule has 1 aliphatic rings. The van der Waals surface area contributed by atoms with Crippen LogP contribution >= 0.6 is 0 Å². The predicted molar refractivity (Wildman–Crippen MR) is 56.2 cm³/mol. The molecule has 5 nitrogen and oxygen atoms in total. The number of rotatable bonds is 2. The van der Waals surface area contributed by atoms with Gasteiger partial charge in [0.2, 0.25) is 0 Å². The molecular weight excluding hydrogens is 192 g/mol. The van der Waals surface area contributed by atoms with E-state index in [2.05, 4.69) is 20.6 Å². The Bertz CT molecular complexity index is 388. The molecule has 0 spiro atoms. The van der Waals surface area contributed by atoms with Crippen molar-refractivity contribution >= 4 is 11.9 Å². The number of carbonyl (C=O) groups excluding carboxylic acids is 1. The van der Waals surface area contributed by atoms with Gasteiger partial charge in [0, 0.05) is 24.5 Å². The number of hydrogen-bond acceptors (Lipinski definition) is 3. The average Bonchev–Trinajstić information content (AvgIpc) is 2.61. The number of guanidine groups is 1. The van der Waals surface area contributed by atoms with E-state index >= 15 is 0 Å². The van der Waals surface area contributed by atoms with E-state index in [1.54, 1.807) is 18.5 Å². The van der Waals surface area contributed by atoms with E-state index in [1.165, 1.54) is 0 Å². The van der Waals surface area contributed by atoms with E-state index in [1.807, 2.05) is 13.0 Å². The normalized spacial score (nSPS) is 22.6. The minimum atomic E-state index is -0.371.